The van der Waals surface area contributed by atoms with Gasteiger partial charge in [-0.15, -0.1) is 0 Å². The fraction of sp³-hybridized carbons (Fsp3) is 0.600. The van der Waals surface area contributed by atoms with Crippen LogP contribution in [0.25, 0.3) is 0 Å². The molecular weight excluding hydrogens is 332 g/mol. The van der Waals surface area contributed by atoms with E-state index in [0.29, 0.717) is 13.0 Å². The number of amides is 1. The molecule has 2 N–H and O–H groups in total. The molecule has 0 aliphatic carbocycles. The zero-order chi connectivity index (χ0) is 19.5. The van der Waals surface area contributed by atoms with Crippen LogP contribution < -0.4 is 5.32 Å². The van der Waals surface area contributed by atoms with Crippen LogP contribution in [-0.2, 0) is 20.9 Å². The summed E-state index contributed by atoms with van der Waals surface area (Å²) in [4.78, 5) is 26.6. The van der Waals surface area contributed by atoms with Crippen LogP contribution in [0.4, 0.5) is 0 Å². The molecule has 144 valence electrons. The first kappa shape index (κ1) is 20.4. The third kappa shape index (κ3) is 4.62. The van der Waals surface area contributed by atoms with Gasteiger partial charge < -0.3 is 15.2 Å². The van der Waals surface area contributed by atoms with Gasteiger partial charge in [-0.3, -0.25) is 14.5 Å². The highest BCUT2D eigenvalue weighted by Gasteiger charge is 2.53. The number of carbonyl (C=O) groups is 2. The van der Waals surface area contributed by atoms with Crippen LogP contribution in [0, 0.1) is 5.92 Å². The van der Waals surface area contributed by atoms with Crippen molar-refractivity contribution < 1.29 is 19.4 Å². The summed E-state index contributed by atoms with van der Waals surface area (Å²) in [5.74, 6) is -0.803. The van der Waals surface area contributed by atoms with Crippen LogP contribution in [0.3, 0.4) is 0 Å². The lowest BCUT2D eigenvalue weighted by Gasteiger charge is -2.41. The molecular formula is C20H30N2O4. The molecule has 0 spiro atoms. The molecule has 0 aromatic heterocycles. The number of benzene rings is 1. The van der Waals surface area contributed by atoms with Crippen molar-refractivity contribution >= 4 is 11.9 Å². The van der Waals surface area contributed by atoms with E-state index in [0.717, 1.165) is 5.56 Å². The van der Waals surface area contributed by atoms with E-state index < -0.39 is 17.3 Å². The molecule has 0 unspecified atom stereocenters. The van der Waals surface area contributed by atoms with Gasteiger partial charge in [-0.05, 0) is 39.7 Å². The number of aliphatic hydroxyl groups excluding tert-OH is 1. The predicted molar refractivity (Wildman–Crippen MR) is 99.0 cm³/mol. The lowest BCUT2D eigenvalue weighted by Crippen LogP contribution is -2.60. The Morgan fingerprint density at radius 2 is 1.92 bits per heavy atom. The number of esters is 1. The standard InChI is InChI=1S/C20H30N2O4/c1-14(24)21-20(5)16(13-23)11-17(18(25)26-19(2,3)4)22(20)12-15-9-7-6-8-10-15/h6-10,16-17,23H,11-13H2,1-5H3,(H,21,24)/t16-,17+,20+/m0/s1. The SMILES string of the molecule is CC(=O)N[C@@]1(C)[C@H](CO)C[C@H](C(=O)OC(C)(C)C)N1Cc1ccccc1. The number of nitrogens with one attached hydrogen (secondary N) is 1. The quantitative estimate of drug-likeness (QED) is 0.784. The van der Waals surface area contributed by atoms with Gasteiger partial charge in [0.1, 0.15) is 11.6 Å². The number of rotatable bonds is 5. The number of hydrogen-bond acceptors (Lipinski definition) is 5. The van der Waals surface area contributed by atoms with Gasteiger partial charge in [0, 0.05) is 26.0 Å². The maximum atomic E-state index is 12.8. The molecule has 1 aromatic carbocycles. The summed E-state index contributed by atoms with van der Waals surface area (Å²) in [6, 6.07) is 9.23. The summed E-state index contributed by atoms with van der Waals surface area (Å²) in [5, 5.41) is 12.9. The van der Waals surface area contributed by atoms with E-state index in [-0.39, 0.29) is 24.4 Å². The number of likely N-dealkylation sites (tertiary alicyclic amines) is 1. The average molecular weight is 362 g/mol. The largest absolute Gasteiger partial charge is 0.459 e. The Bertz CT molecular complexity index is 641. The van der Waals surface area contributed by atoms with Crippen LogP contribution in [-0.4, -0.2) is 45.8 Å². The Hall–Kier alpha value is -1.92. The topological polar surface area (TPSA) is 78.9 Å². The first-order valence-corrected chi connectivity index (χ1v) is 9.00. The van der Waals surface area contributed by atoms with Gasteiger partial charge in [0.15, 0.2) is 0 Å². The van der Waals surface area contributed by atoms with Crippen LogP contribution >= 0.6 is 0 Å². The first-order chi connectivity index (χ1) is 12.1. The average Bonchev–Trinajstić information content (AvgIpc) is 2.78. The molecule has 0 saturated carbocycles. The lowest BCUT2D eigenvalue weighted by atomic mass is 9.94. The Balaban J connectivity index is 2.38. The summed E-state index contributed by atoms with van der Waals surface area (Å²) < 4.78 is 5.61. The van der Waals surface area contributed by atoms with E-state index >= 15 is 0 Å². The third-order valence-electron chi connectivity index (χ3n) is 4.80. The van der Waals surface area contributed by atoms with Crippen LogP contribution in [0.15, 0.2) is 30.3 Å². The molecule has 1 fully saturated rings. The summed E-state index contributed by atoms with van der Waals surface area (Å²) in [6.07, 6.45) is 0.426. The van der Waals surface area contributed by atoms with Crippen molar-refractivity contribution in [2.24, 2.45) is 5.92 Å². The molecule has 6 nitrogen and oxygen atoms in total. The lowest BCUT2D eigenvalue weighted by molar-refractivity contribution is -0.162. The van der Waals surface area contributed by atoms with Crippen molar-refractivity contribution in [2.75, 3.05) is 6.61 Å². The van der Waals surface area contributed by atoms with Gasteiger partial charge >= 0.3 is 5.97 Å². The molecule has 0 radical (unpaired) electrons. The minimum absolute atomic E-state index is 0.124. The Labute approximate surface area is 155 Å². The van der Waals surface area contributed by atoms with E-state index in [1.54, 1.807) is 0 Å². The van der Waals surface area contributed by atoms with E-state index in [2.05, 4.69) is 5.32 Å². The maximum absolute atomic E-state index is 12.8. The highest BCUT2D eigenvalue weighted by atomic mass is 16.6. The molecule has 1 heterocycles. The fourth-order valence-corrected chi connectivity index (χ4v) is 3.61. The minimum atomic E-state index is -0.835. The molecule has 1 aliphatic rings. The van der Waals surface area contributed by atoms with Gasteiger partial charge in [-0.2, -0.15) is 0 Å². The van der Waals surface area contributed by atoms with E-state index in [1.165, 1.54) is 6.92 Å². The second kappa shape index (κ2) is 7.76. The Morgan fingerprint density at radius 1 is 1.31 bits per heavy atom. The summed E-state index contributed by atoms with van der Waals surface area (Å²) in [5.41, 5.74) is -0.411. The summed E-state index contributed by atoms with van der Waals surface area (Å²) in [7, 11) is 0. The van der Waals surface area contributed by atoms with Crippen molar-refractivity contribution in [3.05, 3.63) is 35.9 Å². The molecule has 3 atom stereocenters. The maximum Gasteiger partial charge on any atom is 0.323 e. The highest BCUT2D eigenvalue weighted by molar-refractivity contribution is 5.78. The fourth-order valence-electron chi connectivity index (χ4n) is 3.61. The number of aliphatic hydroxyl groups is 1. The van der Waals surface area contributed by atoms with Crippen LogP contribution in [0.2, 0.25) is 0 Å². The molecule has 1 aliphatic heterocycles. The van der Waals surface area contributed by atoms with Crippen molar-refractivity contribution in [3.8, 4) is 0 Å². The second-order valence-electron chi connectivity index (χ2n) is 8.11. The van der Waals surface area contributed by atoms with Gasteiger partial charge in [0.2, 0.25) is 5.91 Å². The summed E-state index contributed by atoms with van der Waals surface area (Å²) in [6.45, 7) is 9.15. The van der Waals surface area contributed by atoms with Gasteiger partial charge in [-0.1, -0.05) is 30.3 Å². The first-order valence-electron chi connectivity index (χ1n) is 9.00. The molecule has 26 heavy (non-hydrogen) atoms. The van der Waals surface area contributed by atoms with Crippen molar-refractivity contribution in [2.45, 2.75) is 64.9 Å². The minimum Gasteiger partial charge on any atom is -0.459 e. The monoisotopic (exact) mass is 362 g/mol. The van der Waals surface area contributed by atoms with Gasteiger partial charge in [-0.25, -0.2) is 0 Å². The van der Waals surface area contributed by atoms with Gasteiger partial charge in [0.05, 0.1) is 5.66 Å². The van der Waals surface area contributed by atoms with E-state index in [1.807, 2.05) is 62.9 Å². The number of carbonyl (C=O) groups excluding carboxylic acids is 2. The smallest absolute Gasteiger partial charge is 0.323 e. The van der Waals surface area contributed by atoms with Crippen molar-refractivity contribution in [3.63, 3.8) is 0 Å². The van der Waals surface area contributed by atoms with E-state index in [9.17, 15) is 14.7 Å². The zero-order valence-electron chi connectivity index (χ0n) is 16.3. The summed E-state index contributed by atoms with van der Waals surface area (Å²) >= 11 is 0. The van der Waals surface area contributed by atoms with Crippen molar-refractivity contribution in [1.29, 1.82) is 0 Å². The molecule has 1 aromatic rings. The van der Waals surface area contributed by atoms with Gasteiger partial charge in [0.25, 0.3) is 0 Å². The number of ether oxygens (including phenoxy) is 1. The van der Waals surface area contributed by atoms with E-state index in [4.69, 9.17) is 4.74 Å². The van der Waals surface area contributed by atoms with Crippen LogP contribution in [0.5, 0.6) is 0 Å². The number of hydrogen-bond donors (Lipinski definition) is 2. The predicted octanol–water partition coefficient (Wildman–Crippen LogP) is 2.06. The second-order valence-corrected chi connectivity index (χ2v) is 8.11. The Kier molecular flexibility index (Phi) is 6.09. The zero-order valence-corrected chi connectivity index (χ0v) is 16.3. The molecule has 2 rings (SSSR count). The molecule has 1 saturated heterocycles. The number of nitrogens with zero attached hydrogens (tertiary/aromatic N) is 1. The molecule has 1 amide bonds. The molecule has 0 bridgehead atoms. The Morgan fingerprint density at radius 3 is 2.42 bits per heavy atom. The third-order valence-corrected chi connectivity index (χ3v) is 4.80. The van der Waals surface area contributed by atoms with Crippen LogP contribution in [0.1, 0.15) is 46.6 Å². The normalized spacial score (nSPS) is 26.5. The highest BCUT2D eigenvalue weighted by Crippen LogP contribution is 2.39. The van der Waals surface area contributed by atoms with Crippen molar-refractivity contribution in [1.82, 2.24) is 10.2 Å². The molecule has 6 heteroatoms.